The van der Waals surface area contributed by atoms with E-state index >= 15 is 0 Å². The lowest BCUT2D eigenvalue weighted by atomic mass is 10.1. The molecule has 8 heteroatoms. The monoisotopic (exact) mass is 359 g/mol. The van der Waals surface area contributed by atoms with Crippen molar-refractivity contribution in [3.05, 3.63) is 35.4 Å². The van der Waals surface area contributed by atoms with E-state index in [4.69, 9.17) is 14.6 Å². The van der Waals surface area contributed by atoms with Crippen molar-refractivity contribution in [2.45, 2.75) is 32.8 Å². The lowest BCUT2D eigenvalue weighted by Crippen LogP contribution is -2.21. The smallest absolute Gasteiger partial charge is 0.335 e. The fourth-order valence-corrected chi connectivity index (χ4v) is 3.74. The molecule has 0 heterocycles. The third kappa shape index (κ3) is 7.11. The molecule has 0 aliphatic heterocycles. The second-order valence-corrected chi connectivity index (χ2v) is 7.61. The van der Waals surface area contributed by atoms with Crippen molar-refractivity contribution in [2.24, 2.45) is 0 Å². The predicted molar refractivity (Wildman–Crippen MR) is 91.5 cm³/mol. The molecule has 1 aromatic carbocycles. The lowest BCUT2D eigenvalue weighted by Gasteiger charge is -2.22. The highest BCUT2D eigenvalue weighted by Crippen LogP contribution is 2.47. The Morgan fingerprint density at radius 1 is 1.29 bits per heavy atom. The van der Waals surface area contributed by atoms with E-state index in [2.05, 4.69) is 5.32 Å². The van der Waals surface area contributed by atoms with Gasteiger partial charge in [-0.1, -0.05) is 12.1 Å². The number of carboxylic acid groups (broad SMARTS) is 1. The van der Waals surface area contributed by atoms with Crippen molar-refractivity contribution in [1.82, 2.24) is 5.32 Å². The molecule has 0 aromatic heterocycles. The minimum Gasteiger partial charge on any atom is -0.478 e. The van der Waals surface area contributed by atoms with Crippen LogP contribution < -0.4 is 5.32 Å². The van der Waals surface area contributed by atoms with E-state index in [0.717, 1.165) is 5.56 Å². The summed E-state index contributed by atoms with van der Waals surface area (Å²) in [6, 6.07) is 5.59. The van der Waals surface area contributed by atoms with Crippen LogP contribution >= 0.6 is 7.37 Å². The molecule has 1 rings (SSSR count). The van der Waals surface area contributed by atoms with Crippen molar-refractivity contribution < 1.29 is 28.8 Å². The molecule has 0 saturated heterocycles. The maximum absolute atomic E-state index is 12.3. The fraction of sp³-hybridized carbons (Fsp3) is 0.562. The van der Waals surface area contributed by atoms with Gasteiger partial charge in [0.2, 0.25) is 6.03 Å². The third-order valence-corrected chi connectivity index (χ3v) is 5.20. The second kappa shape index (κ2) is 10.6. The molecule has 0 saturated carbocycles. The van der Waals surface area contributed by atoms with Crippen molar-refractivity contribution in [3.8, 4) is 0 Å². The molecule has 1 unspecified atom stereocenters. The lowest BCUT2D eigenvalue weighted by molar-refractivity contribution is -0.0871. The van der Waals surface area contributed by atoms with E-state index in [-0.39, 0.29) is 11.7 Å². The minimum absolute atomic E-state index is 0.0971. The topological polar surface area (TPSA) is 105 Å². The zero-order valence-corrected chi connectivity index (χ0v) is 15.0. The van der Waals surface area contributed by atoms with Gasteiger partial charge in [0, 0.05) is 25.9 Å². The molecule has 0 spiro atoms. The van der Waals surface area contributed by atoms with Gasteiger partial charge in [0.25, 0.3) is 7.37 Å². The number of benzene rings is 1. The number of ether oxygens (including phenoxy) is 2. The molecule has 24 heavy (non-hydrogen) atoms. The normalized spacial score (nSPS) is 13.8. The highest BCUT2D eigenvalue weighted by Gasteiger charge is 2.31. The van der Waals surface area contributed by atoms with Crippen molar-refractivity contribution in [3.63, 3.8) is 0 Å². The molecule has 0 aliphatic carbocycles. The van der Waals surface area contributed by atoms with Gasteiger partial charge in [-0.05, 0) is 44.5 Å². The fourth-order valence-electron chi connectivity index (χ4n) is 2.15. The van der Waals surface area contributed by atoms with Gasteiger partial charge >= 0.3 is 5.97 Å². The maximum Gasteiger partial charge on any atom is 0.335 e. The summed E-state index contributed by atoms with van der Waals surface area (Å²) in [5.41, 5.74) is 1.09. The third-order valence-electron chi connectivity index (χ3n) is 3.28. The molecule has 0 fully saturated rings. The van der Waals surface area contributed by atoms with Crippen LogP contribution in [-0.2, 0) is 20.6 Å². The van der Waals surface area contributed by atoms with Gasteiger partial charge in [-0.25, -0.2) is 4.79 Å². The zero-order valence-electron chi connectivity index (χ0n) is 14.1. The van der Waals surface area contributed by atoms with Gasteiger partial charge in [-0.2, -0.15) is 0 Å². The first-order valence-electron chi connectivity index (χ1n) is 7.98. The van der Waals surface area contributed by atoms with Crippen LogP contribution in [0, 0.1) is 0 Å². The van der Waals surface area contributed by atoms with E-state index in [9.17, 15) is 14.3 Å². The number of carboxylic acids is 1. The first-order valence-corrected chi connectivity index (χ1v) is 9.89. The van der Waals surface area contributed by atoms with Crippen LogP contribution in [-0.4, -0.2) is 47.9 Å². The molecule has 0 aliphatic rings. The molecule has 0 radical (unpaired) electrons. The van der Waals surface area contributed by atoms with Crippen LogP contribution in [0.2, 0.25) is 0 Å². The van der Waals surface area contributed by atoms with E-state index in [1.807, 2.05) is 6.07 Å². The van der Waals surface area contributed by atoms with Gasteiger partial charge in [-0.3, -0.25) is 4.57 Å². The molecule has 3 N–H and O–H groups in total. The molecular formula is C16H26NO6P. The summed E-state index contributed by atoms with van der Waals surface area (Å²) in [6.45, 7) is 5.16. The highest BCUT2D eigenvalue weighted by atomic mass is 31.2. The molecule has 0 amide bonds. The first kappa shape index (κ1) is 20.8. The van der Waals surface area contributed by atoms with E-state index in [1.54, 1.807) is 26.0 Å². The van der Waals surface area contributed by atoms with Crippen LogP contribution in [0.1, 0.15) is 36.2 Å². The number of hydrogen-bond acceptors (Lipinski definition) is 5. The second-order valence-electron chi connectivity index (χ2n) is 5.23. The van der Waals surface area contributed by atoms with Crippen molar-refractivity contribution >= 4 is 13.3 Å². The number of aromatic carboxylic acids is 1. The average molecular weight is 359 g/mol. The van der Waals surface area contributed by atoms with Gasteiger partial charge in [0.05, 0.1) is 5.56 Å². The Morgan fingerprint density at radius 2 is 1.96 bits per heavy atom. The minimum atomic E-state index is -3.53. The molecule has 136 valence electrons. The van der Waals surface area contributed by atoms with Crippen molar-refractivity contribution in [2.75, 3.05) is 25.9 Å². The Balaban J connectivity index is 2.38. The van der Waals surface area contributed by atoms with E-state index < -0.39 is 19.4 Å². The Labute approximate surface area is 142 Å². The van der Waals surface area contributed by atoms with Crippen LogP contribution in [0.4, 0.5) is 0 Å². The maximum atomic E-state index is 12.3. The number of nitrogens with one attached hydrogen (secondary N) is 1. The summed E-state index contributed by atoms with van der Waals surface area (Å²) < 4.78 is 22.7. The SMILES string of the molecule is CCOC(OCC)P(=O)(O)CCCNCc1cccc(C(=O)O)c1. The Hall–Kier alpha value is -1.24. The summed E-state index contributed by atoms with van der Waals surface area (Å²) in [5.74, 6) is -0.962. The quantitative estimate of drug-likeness (QED) is 0.299. The molecule has 1 aromatic rings. The standard InChI is InChI=1S/C16H26NO6P/c1-3-22-16(23-4-2)24(20,21)10-6-9-17-12-13-7-5-8-14(11-13)15(18)19/h5,7-8,11,16-17H,3-4,6,9-10,12H2,1-2H3,(H,18,19)(H,20,21). The van der Waals surface area contributed by atoms with Crippen LogP contribution in [0.5, 0.6) is 0 Å². The van der Waals surface area contributed by atoms with E-state index in [0.29, 0.717) is 32.7 Å². The van der Waals surface area contributed by atoms with Crippen LogP contribution in [0.15, 0.2) is 24.3 Å². The molecule has 0 bridgehead atoms. The number of hydrogen-bond donors (Lipinski definition) is 3. The summed E-state index contributed by atoms with van der Waals surface area (Å²) >= 11 is 0. The van der Waals surface area contributed by atoms with Gasteiger partial charge in [0.15, 0.2) is 0 Å². The summed E-state index contributed by atoms with van der Waals surface area (Å²) in [6.07, 6.45) is 0.586. The number of carbonyl (C=O) groups is 1. The summed E-state index contributed by atoms with van der Waals surface area (Å²) in [5, 5.41) is 12.1. The molecular weight excluding hydrogens is 333 g/mol. The Bertz CT molecular complexity index is 559. The molecule has 1 atom stereocenters. The van der Waals surface area contributed by atoms with Crippen LogP contribution in [0.25, 0.3) is 0 Å². The summed E-state index contributed by atoms with van der Waals surface area (Å²) in [7, 11) is -3.53. The highest BCUT2D eigenvalue weighted by molar-refractivity contribution is 7.58. The summed E-state index contributed by atoms with van der Waals surface area (Å²) in [4.78, 5) is 21.0. The average Bonchev–Trinajstić information content (AvgIpc) is 2.54. The zero-order chi connectivity index (χ0) is 18.0. The number of rotatable bonds is 12. The first-order chi connectivity index (χ1) is 11.4. The molecule has 7 nitrogen and oxygen atoms in total. The van der Waals surface area contributed by atoms with Gasteiger partial charge < -0.3 is 24.8 Å². The largest absolute Gasteiger partial charge is 0.478 e. The van der Waals surface area contributed by atoms with Gasteiger partial charge in [-0.15, -0.1) is 0 Å². The predicted octanol–water partition coefficient (Wildman–Crippen LogP) is 2.49. The Morgan fingerprint density at radius 3 is 2.54 bits per heavy atom. The van der Waals surface area contributed by atoms with Crippen LogP contribution in [0.3, 0.4) is 0 Å². The van der Waals surface area contributed by atoms with Crippen molar-refractivity contribution in [1.29, 1.82) is 0 Å². The Kier molecular flexibility index (Phi) is 9.18. The van der Waals surface area contributed by atoms with Gasteiger partial charge in [0.1, 0.15) is 0 Å². The van der Waals surface area contributed by atoms with E-state index in [1.165, 1.54) is 6.07 Å².